The molecule has 0 radical (unpaired) electrons. The Hall–Kier alpha value is -1.67. The third-order valence-electron chi connectivity index (χ3n) is 3.64. The molecular formula is C18H22FN. The summed E-state index contributed by atoms with van der Waals surface area (Å²) in [6.45, 7) is 8.96. The Morgan fingerprint density at radius 1 is 1.05 bits per heavy atom. The lowest BCUT2D eigenvalue weighted by Crippen LogP contribution is -2.21. The fraction of sp³-hybridized carbons (Fsp3) is 0.333. The molecule has 0 saturated heterocycles. The number of hydrogen-bond acceptors (Lipinski definition) is 1. The van der Waals surface area contributed by atoms with Crippen LogP contribution in [-0.4, -0.2) is 6.04 Å². The van der Waals surface area contributed by atoms with E-state index in [4.69, 9.17) is 0 Å². The van der Waals surface area contributed by atoms with Crippen LogP contribution in [0.25, 0.3) is 11.1 Å². The van der Waals surface area contributed by atoms with Gasteiger partial charge in [0.1, 0.15) is 5.82 Å². The van der Waals surface area contributed by atoms with Crippen LogP contribution in [0, 0.1) is 19.7 Å². The largest absolute Gasteiger partial charge is 0.310 e. The molecule has 0 aliphatic rings. The molecule has 0 saturated carbocycles. The number of halogens is 1. The topological polar surface area (TPSA) is 12.0 Å². The third kappa shape index (κ3) is 3.26. The van der Waals surface area contributed by atoms with Crippen molar-refractivity contribution < 1.29 is 4.39 Å². The summed E-state index contributed by atoms with van der Waals surface area (Å²) in [5, 5.41) is 3.30. The average molecular weight is 271 g/mol. The van der Waals surface area contributed by atoms with E-state index in [-0.39, 0.29) is 5.82 Å². The van der Waals surface area contributed by atoms with Gasteiger partial charge in [-0.05, 0) is 42.2 Å². The van der Waals surface area contributed by atoms with E-state index >= 15 is 0 Å². The molecule has 1 N–H and O–H groups in total. The van der Waals surface area contributed by atoms with Crippen LogP contribution in [0.1, 0.15) is 30.5 Å². The first-order valence-electron chi connectivity index (χ1n) is 7.07. The van der Waals surface area contributed by atoms with Gasteiger partial charge in [0.2, 0.25) is 0 Å². The van der Waals surface area contributed by atoms with Gasteiger partial charge in [0.05, 0.1) is 0 Å². The van der Waals surface area contributed by atoms with E-state index in [0.717, 1.165) is 16.7 Å². The number of hydrogen-bond donors (Lipinski definition) is 1. The van der Waals surface area contributed by atoms with Crippen molar-refractivity contribution in [3.05, 3.63) is 58.9 Å². The summed E-state index contributed by atoms with van der Waals surface area (Å²) in [4.78, 5) is 0. The van der Waals surface area contributed by atoms with Gasteiger partial charge in [-0.2, -0.15) is 0 Å². The number of benzene rings is 2. The molecule has 2 rings (SSSR count). The van der Waals surface area contributed by atoms with Crippen molar-refractivity contribution in [1.29, 1.82) is 0 Å². The Kier molecular flexibility index (Phi) is 4.56. The van der Waals surface area contributed by atoms with Gasteiger partial charge in [0.25, 0.3) is 0 Å². The highest BCUT2D eigenvalue weighted by atomic mass is 19.1. The van der Waals surface area contributed by atoms with E-state index in [9.17, 15) is 4.39 Å². The van der Waals surface area contributed by atoms with Crippen molar-refractivity contribution in [2.75, 3.05) is 0 Å². The van der Waals surface area contributed by atoms with Crippen LogP contribution in [0.2, 0.25) is 0 Å². The standard InChI is InChI=1S/C18H22FN/c1-12(2)20-11-15-8-9-17(18(19)10-15)16-7-5-6-13(3)14(16)4/h5-10,12,20H,11H2,1-4H3. The minimum absolute atomic E-state index is 0.151. The Labute approximate surface area is 120 Å². The normalized spacial score (nSPS) is 11.1. The minimum Gasteiger partial charge on any atom is -0.310 e. The molecule has 1 nitrogen and oxygen atoms in total. The van der Waals surface area contributed by atoms with Crippen molar-refractivity contribution >= 4 is 0 Å². The first kappa shape index (κ1) is 14.7. The van der Waals surface area contributed by atoms with Crippen LogP contribution in [0.4, 0.5) is 4.39 Å². The number of nitrogens with one attached hydrogen (secondary N) is 1. The molecule has 2 aromatic rings. The maximum atomic E-state index is 14.3. The molecule has 2 heteroatoms. The maximum absolute atomic E-state index is 14.3. The van der Waals surface area contributed by atoms with E-state index in [0.29, 0.717) is 18.2 Å². The molecule has 20 heavy (non-hydrogen) atoms. The van der Waals surface area contributed by atoms with E-state index < -0.39 is 0 Å². The van der Waals surface area contributed by atoms with Crippen molar-refractivity contribution in [3.63, 3.8) is 0 Å². The van der Waals surface area contributed by atoms with Gasteiger partial charge >= 0.3 is 0 Å². The van der Waals surface area contributed by atoms with E-state index in [1.807, 2.05) is 31.2 Å². The van der Waals surface area contributed by atoms with Gasteiger partial charge in [0.15, 0.2) is 0 Å². The van der Waals surface area contributed by atoms with Crippen molar-refractivity contribution in [1.82, 2.24) is 5.32 Å². The Morgan fingerprint density at radius 2 is 1.80 bits per heavy atom. The smallest absolute Gasteiger partial charge is 0.131 e. The molecule has 0 atom stereocenters. The summed E-state index contributed by atoms with van der Waals surface area (Å²) in [6.07, 6.45) is 0. The summed E-state index contributed by atoms with van der Waals surface area (Å²) < 4.78 is 14.3. The lowest BCUT2D eigenvalue weighted by atomic mass is 9.96. The Balaban J connectivity index is 2.32. The molecule has 0 bridgehead atoms. The average Bonchev–Trinajstić information content (AvgIpc) is 2.40. The Bertz CT molecular complexity index is 602. The fourth-order valence-electron chi connectivity index (χ4n) is 2.25. The van der Waals surface area contributed by atoms with Crippen LogP contribution in [0.3, 0.4) is 0 Å². The SMILES string of the molecule is Cc1cccc(-c2ccc(CNC(C)C)cc2F)c1C. The summed E-state index contributed by atoms with van der Waals surface area (Å²) in [7, 11) is 0. The van der Waals surface area contributed by atoms with Crippen LogP contribution >= 0.6 is 0 Å². The highest BCUT2D eigenvalue weighted by Gasteiger charge is 2.09. The molecule has 106 valence electrons. The molecular weight excluding hydrogens is 249 g/mol. The number of rotatable bonds is 4. The summed E-state index contributed by atoms with van der Waals surface area (Å²) in [6, 6.07) is 11.9. The molecule has 0 spiro atoms. The monoisotopic (exact) mass is 271 g/mol. The zero-order valence-electron chi connectivity index (χ0n) is 12.6. The van der Waals surface area contributed by atoms with E-state index in [2.05, 4.69) is 32.2 Å². The molecule has 0 heterocycles. The molecule has 0 aliphatic carbocycles. The molecule has 2 aromatic carbocycles. The van der Waals surface area contributed by atoms with Crippen molar-refractivity contribution in [2.45, 2.75) is 40.3 Å². The highest BCUT2D eigenvalue weighted by Crippen LogP contribution is 2.28. The minimum atomic E-state index is -0.151. The van der Waals surface area contributed by atoms with Gasteiger partial charge in [-0.15, -0.1) is 0 Å². The van der Waals surface area contributed by atoms with Gasteiger partial charge < -0.3 is 5.32 Å². The summed E-state index contributed by atoms with van der Waals surface area (Å²) in [5.74, 6) is -0.151. The van der Waals surface area contributed by atoms with Gasteiger partial charge in [-0.25, -0.2) is 4.39 Å². The highest BCUT2D eigenvalue weighted by molar-refractivity contribution is 5.69. The molecule has 0 aliphatic heterocycles. The predicted molar refractivity (Wildman–Crippen MR) is 83.3 cm³/mol. The second-order valence-corrected chi connectivity index (χ2v) is 5.60. The maximum Gasteiger partial charge on any atom is 0.131 e. The Morgan fingerprint density at radius 3 is 2.45 bits per heavy atom. The van der Waals surface area contributed by atoms with Crippen molar-refractivity contribution in [2.24, 2.45) is 0 Å². The van der Waals surface area contributed by atoms with Crippen LogP contribution in [0.15, 0.2) is 36.4 Å². The predicted octanol–water partition coefficient (Wildman–Crippen LogP) is 4.61. The molecule has 0 fully saturated rings. The first-order chi connectivity index (χ1) is 9.49. The first-order valence-corrected chi connectivity index (χ1v) is 7.07. The van der Waals surface area contributed by atoms with Gasteiger partial charge in [-0.1, -0.05) is 44.2 Å². The quantitative estimate of drug-likeness (QED) is 0.856. The van der Waals surface area contributed by atoms with Crippen molar-refractivity contribution in [3.8, 4) is 11.1 Å². The van der Waals surface area contributed by atoms with Gasteiger partial charge in [0, 0.05) is 18.2 Å². The van der Waals surface area contributed by atoms with E-state index in [1.165, 1.54) is 5.56 Å². The third-order valence-corrected chi connectivity index (χ3v) is 3.64. The zero-order chi connectivity index (χ0) is 14.7. The van der Waals surface area contributed by atoms with Crippen LogP contribution in [-0.2, 0) is 6.54 Å². The zero-order valence-corrected chi connectivity index (χ0v) is 12.6. The molecule has 0 unspecified atom stereocenters. The second-order valence-electron chi connectivity index (χ2n) is 5.60. The summed E-state index contributed by atoms with van der Waals surface area (Å²) in [5.41, 5.74) is 4.96. The van der Waals surface area contributed by atoms with Gasteiger partial charge in [-0.3, -0.25) is 0 Å². The lowest BCUT2D eigenvalue weighted by Gasteiger charge is -2.12. The molecule has 0 aromatic heterocycles. The molecule has 0 amide bonds. The van der Waals surface area contributed by atoms with Crippen LogP contribution < -0.4 is 5.32 Å². The second kappa shape index (κ2) is 6.19. The summed E-state index contributed by atoms with van der Waals surface area (Å²) >= 11 is 0. The number of aryl methyl sites for hydroxylation is 1. The van der Waals surface area contributed by atoms with E-state index in [1.54, 1.807) is 6.07 Å². The fourth-order valence-corrected chi connectivity index (χ4v) is 2.25. The van der Waals surface area contributed by atoms with Crippen LogP contribution in [0.5, 0.6) is 0 Å². The lowest BCUT2D eigenvalue weighted by molar-refractivity contribution is 0.582.